The molecular formula is C13H18FN3O2. The maximum Gasteiger partial charge on any atom is 0.233 e. The van der Waals surface area contributed by atoms with Crippen LogP contribution in [0.4, 0.5) is 4.39 Å². The number of likely N-dealkylation sites (tertiary alicyclic amines) is 1. The second-order valence-electron chi connectivity index (χ2n) is 4.57. The molecule has 1 saturated heterocycles. The van der Waals surface area contributed by atoms with Gasteiger partial charge in [0.1, 0.15) is 6.10 Å². The minimum absolute atomic E-state index is 0.0196. The van der Waals surface area contributed by atoms with Gasteiger partial charge in [-0.1, -0.05) is 6.07 Å². The van der Waals surface area contributed by atoms with Gasteiger partial charge in [-0.05, 0) is 18.9 Å². The summed E-state index contributed by atoms with van der Waals surface area (Å²) in [4.78, 5) is 17.0. The smallest absolute Gasteiger partial charge is 0.233 e. The lowest BCUT2D eigenvalue weighted by Crippen LogP contribution is -2.43. The first-order chi connectivity index (χ1) is 9.17. The number of piperidine rings is 1. The Labute approximate surface area is 111 Å². The number of amides is 1. The highest BCUT2D eigenvalue weighted by atomic mass is 19.1. The van der Waals surface area contributed by atoms with E-state index in [1.807, 2.05) is 0 Å². The van der Waals surface area contributed by atoms with Gasteiger partial charge in [0.25, 0.3) is 0 Å². The van der Waals surface area contributed by atoms with Gasteiger partial charge in [0.15, 0.2) is 0 Å². The average Bonchev–Trinajstić information content (AvgIpc) is 2.41. The predicted molar refractivity (Wildman–Crippen MR) is 68.4 cm³/mol. The van der Waals surface area contributed by atoms with Crippen molar-refractivity contribution < 1.29 is 13.9 Å². The van der Waals surface area contributed by atoms with Crippen LogP contribution in [0.1, 0.15) is 12.8 Å². The molecule has 0 bridgehead atoms. The van der Waals surface area contributed by atoms with Crippen molar-refractivity contribution in [3.05, 3.63) is 24.1 Å². The van der Waals surface area contributed by atoms with Crippen LogP contribution in [-0.4, -0.2) is 48.6 Å². The average molecular weight is 267 g/mol. The van der Waals surface area contributed by atoms with Crippen molar-refractivity contribution in [3.63, 3.8) is 0 Å². The zero-order valence-corrected chi connectivity index (χ0v) is 10.9. The van der Waals surface area contributed by atoms with Gasteiger partial charge < -0.3 is 10.1 Å². The zero-order valence-electron chi connectivity index (χ0n) is 10.9. The molecule has 0 unspecified atom stereocenters. The Kier molecular flexibility index (Phi) is 4.68. The minimum atomic E-state index is -0.533. The Morgan fingerprint density at radius 1 is 1.53 bits per heavy atom. The molecule has 0 atom stereocenters. The van der Waals surface area contributed by atoms with Crippen LogP contribution in [-0.2, 0) is 4.79 Å². The number of rotatable bonds is 4. The topological polar surface area (TPSA) is 54.5 Å². The van der Waals surface area contributed by atoms with Crippen LogP contribution in [0.3, 0.4) is 0 Å². The Bertz CT molecular complexity index is 434. The van der Waals surface area contributed by atoms with E-state index in [4.69, 9.17) is 4.74 Å². The number of nitrogens with zero attached hydrogens (tertiary/aromatic N) is 2. The van der Waals surface area contributed by atoms with Crippen LogP contribution in [0, 0.1) is 5.95 Å². The van der Waals surface area contributed by atoms with Crippen LogP contribution in [0.25, 0.3) is 0 Å². The Morgan fingerprint density at radius 3 is 2.89 bits per heavy atom. The largest absolute Gasteiger partial charge is 0.474 e. The molecule has 1 fully saturated rings. The minimum Gasteiger partial charge on any atom is -0.474 e. The van der Waals surface area contributed by atoms with Crippen LogP contribution >= 0.6 is 0 Å². The van der Waals surface area contributed by atoms with Crippen molar-refractivity contribution in [2.24, 2.45) is 0 Å². The first kappa shape index (κ1) is 13.7. The molecule has 1 aliphatic heterocycles. The van der Waals surface area contributed by atoms with Gasteiger partial charge in [-0.25, -0.2) is 0 Å². The molecular weight excluding hydrogens is 249 g/mol. The van der Waals surface area contributed by atoms with E-state index in [0.29, 0.717) is 12.4 Å². The van der Waals surface area contributed by atoms with Crippen LogP contribution in [0.15, 0.2) is 18.2 Å². The molecule has 1 amide bonds. The molecule has 1 N–H and O–H groups in total. The molecule has 1 aromatic heterocycles. The molecule has 0 aliphatic carbocycles. The first-order valence-electron chi connectivity index (χ1n) is 6.39. The second kappa shape index (κ2) is 6.47. The molecule has 5 nitrogen and oxygen atoms in total. The molecule has 19 heavy (non-hydrogen) atoms. The quantitative estimate of drug-likeness (QED) is 0.820. The second-order valence-corrected chi connectivity index (χ2v) is 4.57. The van der Waals surface area contributed by atoms with Gasteiger partial charge in [0.05, 0.1) is 6.54 Å². The Morgan fingerprint density at radius 2 is 2.26 bits per heavy atom. The molecule has 2 rings (SSSR count). The standard InChI is InChI=1S/C13H18FN3O2/c1-15-12(18)9-17-7-5-10(6-8-17)19-13-4-2-3-11(14)16-13/h2-4,10H,5-9H2,1H3,(H,15,18). The number of aromatic nitrogens is 1. The summed E-state index contributed by atoms with van der Waals surface area (Å²) in [5, 5.41) is 2.61. The molecule has 104 valence electrons. The highest BCUT2D eigenvalue weighted by Gasteiger charge is 2.22. The van der Waals surface area contributed by atoms with Crippen molar-refractivity contribution in [2.45, 2.75) is 18.9 Å². The van der Waals surface area contributed by atoms with E-state index >= 15 is 0 Å². The number of hydrogen-bond acceptors (Lipinski definition) is 4. The van der Waals surface area contributed by atoms with Gasteiger partial charge in [-0.15, -0.1) is 0 Å². The van der Waals surface area contributed by atoms with Crippen LogP contribution in [0.2, 0.25) is 0 Å². The molecule has 1 aromatic rings. The zero-order chi connectivity index (χ0) is 13.7. The third-order valence-electron chi connectivity index (χ3n) is 3.16. The Hall–Kier alpha value is -1.69. The molecule has 0 spiro atoms. The van der Waals surface area contributed by atoms with E-state index in [0.717, 1.165) is 25.9 Å². The molecule has 1 aliphatic rings. The van der Waals surface area contributed by atoms with Crippen molar-refractivity contribution in [3.8, 4) is 5.88 Å². The van der Waals surface area contributed by atoms with E-state index < -0.39 is 5.95 Å². The van der Waals surface area contributed by atoms with E-state index in [2.05, 4.69) is 15.2 Å². The van der Waals surface area contributed by atoms with Gasteiger partial charge in [0, 0.05) is 26.2 Å². The maximum absolute atomic E-state index is 12.9. The van der Waals surface area contributed by atoms with E-state index in [1.54, 1.807) is 19.2 Å². The lowest BCUT2D eigenvalue weighted by molar-refractivity contribution is -0.122. The lowest BCUT2D eigenvalue weighted by atomic mass is 10.1. The van der Waals surface area contributed by atoms with E-state index in [-0.39, 0.29) is 12.0 Å². The van der Waals surface area contributed by atoms with Crippen molar-refractivity contribution in [1.82, 2.24) is 15.2 Å². The lowest BCUT2D eigenvalue weighted by Gasteiger charge is -2.31. The maximum atomic E-state index is 12.9. The number of halogens is 1. The first-order valence-corrected chi connectivity index (χ1v) is 6.39. The fourth-order valence-electron chi connectivity index (χ4n) is 2.09. The monoisotopic (exact) mass is 267 g/mol. The van der Waals surface area contributed by atoms with Crippen LogP contribution in [0.5, 0.6) is 5.88 Å². The fourth-order valence-corrected chi connectivity index (χ4v) is 2.09. The number of carbonyl (C=O) groups excluding carboxylic acids is 1. The molecule has 0 aromatic carbocycles. The summed E-state index contributed by atoms with van der Waals surface area (Å²) in [5.41, 5.74) is 0. The third kappa shape index (κ3) is 4.17. The van der Waals surface area contributed by atoms with Crippen LogP contribution < -0.4 is 10.1 Å². The molecule has 2 heterocycles. The third-order valence-corrected chi connectivity index (χ3v) is 3.16. The highest BCUT2D eigenvalue weighted by molar-refractivity contribution is 5.77. The summed E-state index contributed by atoms with van der Waals surface area (Å²) in [5.74, 6) is -0.189. The summed E-state index contributed by atoms with van der Waals surface area (Å²) in [7, 11) is 1.63. The predicted octanol–water partition coefficient (Wildman–Crippen LogP) is 0.810. The highest BCUT2D eigenvalue weighted by Crippen LogP contribution is 2.17. The number of hydrogen-bond donors (Lipinski definition) is 1. The molecule has 6 heteroatoms. The number of pyridine rings is 1. The van der Waals surface area contributed by atoms with E-state index in [9.17, 15) is 9.18 Å². The number of nitrogens with one attached hydrogen (secondary N) is 1. The summed E-state index contributed by atoms with van der Waals surface area (Å²) in [6.45, 7) is 2.02. The summed E-state index contributed by atoms with van der Waals surface area (Å²) in [6.07, 6.45) is 1.67. The van der Waals surface area contributed by atoms with Gasteiger partial charge in [-0.2, -0.15) is 9.37 Å². The van der Waals surface area contributed by atoms with Crippen molar-refractivity contribution >= 4 is 5.91 Å². The summed E-state index contributed by atoms with van der Waals surface area (Å²) >= 11 is 0. The molecule has 0 radical (unpaired) electrons. The normalized spacial score (nSPS) is 17.2. The SMILES string of the molecule is CNC(=O)CN1CCC(Oc2cccc(F)n2)CC1. The van der Waals surface area contributed by atoms with Gasteiger partial charge in [-0.3, -0.25) is 9.69 Å². The summed E-state index contributed by atoms with van der Waals surface area (Å²) < 4.78 is 18.6. The van der Waals surface area contributed by atoms with Crippen molar-refractivity contribution in [1.29, 1.82) is 0 Å². The van der Waals surface area contributed by atoms with E-state index in [1.165, 1.54) is 6.07 Å². The van der Waals surface area contributed by atoms with Gasteiger partial charge in [0.2, 0.25) is 17.7 Å². The Balaban J connectivity index is 1.79. The molecule has 0 saturated carbocycles. The number of likely N-dealkylation sites (N-methyl/N-ethyl adjacent to an activating group) is 1. The summed E-state index contributed by atoms with van der Waals surface area (Å²) in [6, 6.07) is 4.52. The fraction of sp³-hybridized carbons (Fsp3) is 0.538. The van der Waals surface area contributed by atoms with Crippen molar-refractivity contribution in [2.75, 3.05) is 26.7 Å². The number of ether oxygens (including phenoxy) is 1. The van der Waals surface area contributed by atoms with Gasteiger partial charge >= 0.3 is 0 Å². The number of carbonyl (C=O) groups is 1.